The number of fused-ring (bicyclic) bond motifs is 1. The molecule has 1 saturated carbocycles. The van der Waals surface area contributed by atoms with E-state index in [1.807, 2.05) is 0 Å². The molecule has 0 aliphatic heterocycles. The number of aliphatic hydroxyl groups excluding tert-OH is 1. The second-order valence-corrected chi connectivity index (χ2v) is 5.39. The number of aliphatic hydroxyl groups is 1. The summed E-state index contributed by atoms with van der Waals surface area (Å²) in [6.45, 7) is 0. The molecule has 2 aliphatic rings. The molecule has 1 N–H and O–H groups in total. The van der Waals surface area contributed by atoms with Crippen molar-refractivity contribution in [3.8, 4) is 0 Å². The molecule has 2 aliphatic carbocycles. The van der Waals surface area contributed by atoms with Crippen LogP contribution < -0.4 is 0 Å². The van der Waals surface area contributed by atoms with Crippen molar-refractivity contribution in [3.05, 3.63) is 34.9 Å². The maximum atomic E-state index is 9.53. The molecule has 0 spiro atoms. The molecule has 0 bridgehead atoms. The van der Waals surface area contributed by atoms with Gasteiger partial charge in [-0.3, -0.25) is 0 Å². The van der Waals surface area contributed by atoms with E-state index in [1.165, 1.54) is 37.7 Å². The van der Waals surface area contributed by atoms with E-state index in [0.717, 1.165) is 12.8 Å². The standard InChI is InChI=1S/C15H20O/c16-15-8-6-12(7-9-15)14-5-4-11-2-1-3-13(11)10-14/h4-5,10,12,15-16H,1-3,6-9H2. The molecule has 0 radical (unpaired) electrons. The fourth-order valence-electron chi connectivity index (χ4n) is 3.25. The summed E-state index contributed by atoms with van der Waals surface area (Å²) in [5.74, 6) is 0.703. The molecule has 0 aromatic heterocycles. The first-order valence-electron chi connectivity index (χ1n) is 6.63. The van der Waals surface area contributed by atoms with Gasteiger partial charge in [0.2, 0.25) is 0 Å². The van der Waals surface area contributed by atoms with E-state index in [-0.39, 0.29) is 6.10 Å². The van der Waals surface area contributed by atoms with Crippen LogP contribution in [0.15, 0.2) is 18.2 Å². The zero-order valence-corrected chi connectivity index (χ0v) is 9.78. The number of rotatable bonds is 1. The summed E-state index contributed by atoms with van der Waals surface area (Å²) in [6, 6.07) is 7.10. The van der Waals surface area contributed by atoms with Gasteiger partial charge in [0, 0.05) is 0 Å². The summed E-state index contributed by atoms with van der Waals surface area (Å²) in [5.41, 5.74) is 4.68. The van der Waals surface area contributed by atoms with Crippen LogP contribution in [0.4, 0.5) is 0 Å². The Balaban J connectivity index is 1.79. The molecule has 0 saturated heterocycles. The van der Waals surface area contributed by atoms with Crippen molar-refractivity contribution >= 4 is 0 Å². The molecule has 3 rings (SSSR count). The summed E-state index contributed by atoms with van der Waals surface area (Å²) in [4.78, 5) is 0. The average molecular weight is 216 g/mol. The molecule has 1 aromatic rings. The van der Waals surface area contributed by atoms with E-state index >= 15 is 0 Å². The fourth-order valence-corrected chi connectivity index (χ4v) is 3.25. The zero-order chi connectivity index (χ0) is 11.0. The van der Waals surface area contributed by atoms with Gasteiger partial charge in [0.1, 0.15) is 0 Å². The lowest BCUT2D eigenvalue weighted by molar-refractivity contribution is 0.122. The Bertz CT molecular complexity index is 375. The van der Waals surface area contributed by atoms with Gasteiger partial charge in [0.15, 0.2) is 0 Å². The van der Waals surface area contributed by atoms with Crippen molar-refractivity contribution in [1.29, 1.82) is 0 Å². The zero-order valence-electron chi connectivity index (χ0n) is 9.78. The number of hydrogen-bond acceptors (Lipinski definition) is 1. The number of aryl methyl sites for hydroxylation is 2. The first-order valence-corrected chi connectivity index (χ1v) is 6.63. The Labute approximate surface area is 97.5 Å². The van der Waals surface area contributed by atoms with Gasteiger partial charge in [0.05, 0.1) is 6.10 Å². The third kappa shape index (κ3) is 1.89. The summed E-state index contributed by atoms with van der Waals surface area (Å²) in [5, 5.41) is 9.53. The van der Waals surface area contributed by atoms with Gasteiger partial charge in [-0.25, -0.2) is 0 Å². The van der Waals surface area contributed by atoms with Crippen LogP contribution in [0.25, 0.3) is 0 Å². The highest BCUT2D eigenvalue weighted by molar-refractivity contribution is 5.36. The molecule has 16 heavy (non-hydrogen) atoms. The van der Waals surface area contributed by atoms with Gasteiger partial charge < -0.3 is 5.11 Å². The maximum Gasteiger partial charge on any atom is 0.0540 e. The quantitative estimate of drug-likeness (QED) is 0.764. The van der Waals surface area contributed by atoms with Crippen LogP contribution in [-0.2, 0) is 12.8 Å². The Morgan fingerprint density at radius 2 is 1.69 bits per heavy atom. The molecule has 86 valence electrons. The Morgan fingerprint density at radius 1 is 0.938 bits per heavy atom. The highest BCUT2D eigenvalue weighted by Crippen LogP contribution is 2.35. The molecule has 1 nitrogen and oxygen atoms in total. The smallest absolute Gasteiger partial charge is 0.0540 e. The minimum Gasteiger partial charge on any atom is -0.393 e. The third-order valence-electron chi connectivity index (χ3n) is 4.29. The van der Waals surface area contributed by atoms with E-state index in [1.54, 1.807) is 11.1 Å². The summed E-state index contributed by atoms with van der Waals surface area (Å²) in [7, 11) is 0. The Hall–Kier alpha value is -0.820. The third-order valence-corrected chi connectivity index (χ3v) is 4.29. The van der Waals surface area contributed by atoms with Gasteiger partial charge in [-0.15, -0.1) is 0 Å². The second-order valence-electron chi connectivity index (χ2n) is 5.39. The van der Waals surface area contributed by atoms with Crippen molar-refractivity contribution in [2.24, 2.45) is 0 Å². The monoisotopic (exact) mass is 216 g/mol. The van der Waals surface area contributed by atoms with Gasteiger partial charge in [-0.05, 0) is 67.6 Å². The first-order chi connectivity index (χ1) is 7.83. The van der Waals surface area contributed by atoms with E-state index in [9.17, 15) is 5.11 Å². The topological polar surface area (TPSA) is 20.2 Å². The normalized spacial score (nSPS) is 29.1. The molecular formula is C15H20O. The molecule has 1 aromatic carbocycles. The van der Waals surface area contributed by atoms with Crippen LogP contribution in [0.2, 0.25) is 0 Å². The number of benzene rings is 1. The summed E-state index contributed by atoms with van der Waals surface area (Å²) in [6.07, 6.45) is 8.16. The SMILES string of the molecule is OC1CCC(c2ccc3c(c2)CCC3)CC1. The van der Waals surface area contributed by atoms with E-state index < -0.39 is 0 Å². The lowest BCUT2D eigenvalue weighted by Crippen LogP contribution is -2.17. The molecule has 1 fully saturated rings. The van der Waals surface area contributed by atoms with Crippen LogP contribution in [0.1, 0.15) is 54.7 Å². The van der Waals surface area contributed by atoms with Crippen molar-refractivity contribution in [1.82, 2.24) is 0 Å². The Kier molecular flexibility index (Phi) is 2.72. The minimum absolute atomic E-state index is 0.0364. The lowest BCUT2D eigenvalue weighted by Gasteiger charge is -2.26. The van der Waals surface area contributed by atoms with Crippen LogP contribution >= 0.6 is 0 Å². The van der Waals surface area contributed by atoms with Gasteiger partial charge >= 0.3 is 0 Å². The van der Waals surface area contributed by atoms with E-state index in [2.05, 4.69) is 18.2 Å². The molecule has 1 heteroatoms. The van der Waals surface area contributed by atoms with E-state index in [0.29, 0.717) is 5.92 Å². The van der Waals surface area contributed by atoms with Gasteiger partial charge in [-0.1, -0.05) is 18.2 Å². The van der Waals surface area contributed by atoms with E-state index in [4.69, 9.17) is 0 Å². The van der Waals surface area contributed by atoms with Crippen LogP contribution in [0.5, 0.6) is 0 Å². The van der Waals surface area contributed by atoms with Crippen molar-refractivity contribution in [3.63, 3.8) is 0 Å². The number of hydrogen-bond donors (Lipinski definition) is 1. The predicted octanol–water partition coefficient (Wildman–Crippen LogP) is 3.19. The predicted molar refractivity (Wildman–Crippen MR) is 65.7 cm³/mol. The lowest BCUT2D eigenvalue weighted by atomic mass is 9.82. The maximum absolute atomic E-state index is 9.53. The van der Waals surface area contributed by atoms with Crippen molar-refractivity contribution in [2.75, 3.05) is 0 Å². The van der Waals surface area contributed by atoms with Crippen LogP contribution in [-0.4, -0.2) is 11.2 Å². The van der Waals surface area contributed by atoms with Gasteiger partial charge in [0.25, 0.3) is 0 Å². The van der Waals surface area contributed by atoms with Crippen LogP contribution in [0, 0.1) is 0 Å². The molecule has 0 amide bonds. The molecule has 0 heterocycles. The summed E-state index contributed by atoms with van der Waals surface area (Å²) < 4.78 is 0. The van der Waals surface area contributed by atoms with Crippen LogP contribution in [0.3, 0.4) is 0 Å². The highest BCUT2D eigenvalue weighted by atomic mass is 16.3. The average Bonchev–Trinajstić information content (AvgIpc) is 2.77. The fraction of sp³-hybridized carbons (Fsp3) is 0.600. The van der Waals surface area contributed by atoms with Crippen molar-refractivity contribution in [2.45, 2.75) is 57.0 Å². The van der Waals surface area contributed by atoms with Crippen molar-refractivity contribution < 1.29 is 5.11 Å². The summed E-state index contributed by atoms with van der Waals surface area (Å²) >= 11 is 0. The largest absolute Gasteiger partial charge is 0.393 e. The highest BCUT2D eigenvalue weighted by Gasteiger charge is 2.22. The minimum atomic E-state index is -0.0364. The first kappa shape index (κ1) is 10.3. The second kappa shape index (κ2) is 4.21. The molecule has 0 unspecified atom stereocenters. The Morgan fingerprint density at radius 3 is 2.50 bits per heavy atom. The van der Waals surface area contributed by atoms with Gasteiger partial charge in [-0.2, -0.15) is 0 Å². The molecule has 0 atom stereocenters. The molecular weight excluding hydrogens is 196 g/mol.